The molecule has 14 heteroatoms. The number of H-pyrrole nitrogens is 1. The van der Waals surface area contributed by atoms with Crippen molar-refractivity contribution in [3.05, 3.63) is 46.6 Å². The fourth-order valence-corrected chi connectivity index (χ4v) is 6.73. The number of carbonyl (C=O) groups excluding carboxylic acids is 1. The molecule has 232 valence electrons. The van der Waals surface area contributed by atoms with Crippen LogP contribution in [-0.2, 0) is 17.8 Å². The van der Waals surface area contributed by atoms with E-state index in [1.807, 2.05) is 4.90 Å². The van der Waals surface area contributed by atoms with Gasteiger partial charge in [-0.3, -0.25) is 9.89 Å². The van der Waals surface area contributed by atoms with Crippen LogP contribution in [0.4, 0.5) is 20.4 Å². The number of amides is 1. The zero-order valence-corrected chi connectivity index (χ0v) is 25.3. The predicted molar refractivity (Wildman–Crippen MR) is 162 cm³/mol. The average Bonchev–Trinajstić information content (AvgIpc) is 3.66. The van der Waals surface area contributed by atoms with Gasteiger partial charge in [0.25, 0.3) is 5.91 Å². The van der Waals surface area contributed by atoms with Gasteiger partial charge in [0, 0.05) is 61.3 Å². The number of hydrogen-bond donors (Lipinski definition) is 1. The van der Waals surface area contributed by atoms with Gasteiger partial charge in [-0.2, -0.15) is 20.3 Å². The molecule has 0 aliphatic carbocycles. The van der Waals surface area contributed by atoms with Crippen LogP contribution in [0.15, 0.2) is 24.7 Å². The maximum absolute atomic E-state index is 14.8. The third-order valence-corrected chi connectivity index (χ3v) is 9.27. The Bertz CT molecular complexity index is 1630. The molecule has 0 unspecified atom stereocenters. The molecule has 1 aromatic carbocycles. The molecule has 0 saturated carbocycles. The molecule has 0 spiro atoms. The van der Waals surface area contributed by atoms with E-state index in [-0.39, 0.29) is 36.6 Å². The number of anilines is 2. The van der Waals surface area contributed by atoms with Crippen molar-refractivity contribution in [1.82, 2.24) is 30.0 Å². The van der Waals surface area contributed by atoms with Gasteiger partial charge in [0.15, 0.2) is 5.83 Å². The number of carbonyl (C=O) groups is 1. The summed E-state index contributed by atoms with van der Waals surface area (Å²) >= 11 is 6.50. The monoisotopic (exact) mass is 625 g/mol. The Hall–Kier alpha value is -4.02. The average molecular weight is 626 g/mol. The second kappa shape index (κ2) is 12.5. The number of ether oxygens (including phenoxy) is 1. The molecule has 3 aliphatic rings. The minimum atomic E-state index is -1.05. The highest BCUT2D eigenvalue weighted by molar-refractivity contribution is 6.32. The van der Waals surface area contributed by atoms with Crippen molar-refractivity contribution >= 4 is 40.0 Å². The molecule has 0 radical (unpaired) electrons. The van der Waals surface area contributed by atoms with E-state index < -0.39 is 23.6 Å². The Balaban J connectivity index is 1.37. The number of nitrogens with one attached hydrogen (secondary N) is 1. The van der Waals surface area contributed by atoms with Crippen LogP contribution in [0.1, 0.15) is 36.8 Å². The van der Waals surface area contributed by atoms with E-state index in [1.165, 1.54) is 11.0 Å². The van der Waals surface area contributed by atoms with E-state index in [2.05, 4.69) is 39.7 Å². The minimum Gasteiger partial charge on any atom is -0.462 e. The molecular formula is C30H34ClF2N9O2. The normalized spacial score (nSPS) is 20.6. The van der Waals surface area contributed by atoms with Crippen LogP contribution in [0.3, 0.4) is 0 Å². The number of halogens is 3. The van der Waals surface area contributed by atoms with E-state index in [0.29, 0.717) is 55.4 Å². The number of fused-ring (bicyclic) bond motifs is 2. The van der Waals surface area contributed by atoms with Crippen LogP contribution in [0, 0.1) is 17.1 Å². The van der Waals surface area contributed by atoms with E-state index in [0.717, 1.165) is 36.8 Å². The van der Waals surface area contributed by atoms with Gasteiger partial charge in [-0.1, -0.05) is 18.2 Å². The number of likely N-dealkylation sites (tertiary alicyclic amines) is 1. The minimum absolute atomic E-state index is 0.0328. The number of piperazine rings is 1. The fourth-order valence-electron chi connectivity index (χ4n) is 6.52. The zero-order chi connectivity index (χ0) is 31.0. The topological polar surface area (TPSA) is 118 Å². The van der Waals surface area contributed by atoms with E-state index in [4.69, 9.17) is 26.3 Å². The Morgan fingerprint density at radius 1 is 1.23 bits per heavy atom. The molecule has 3 aromatic rings. The highest BCUT2D eigenvalue weighted by atomic mass is 35.5. The fraction of sp³-hybridized carbons (Fsp3) is 0.500. The first-order valence-corrected chi connectivity index (χ1v) is 15.2. The molecule has 11 nitrogen and oxygen atoms in total. The first-order valence-electron chi connectivity index (χ1n) is 14.8. The molecule has 1 N–H and O–H groups in total. The lowest BCUT2D eigenvalue weighted by atomic mass is 10.0. The molecule has 6 rings (SSSR count). The second-order valence-corrected chi connectivity index (χ2v) is 12.0. The summed E-state index contributed by atoms with van der Waals surface area (Å²) in [7, 11) is 2.07. The molecule has 1 amide bonds. The Kier molecular flexibility index (Phi) is 8.55. The lowest BCUT2D eigenvalue weighted by molar-refractivity contribution is -0.131. The van der Waals surface area contributed by atoms with Gasteiger partial charge in [-0.05, 0) is 39.3 Å². The summed E-state index contributed by atoms with van der Waals surface area (Å²) in [5, 5.41) is 17.2. The smallest absolute Gasteiger partial charge is 0.320 e. The van der Waals surface area contributed by atoms with Crippen LogP contribution in [-0.4, -0.2) is 94.3 Å². The molecule has 2 aromatic heterocycles. The van der Waals surface area contributed by atoms with Crippen molar-refractivity contribution in [2.45, 2.75) is 50.7 Å². The quantitative estimate of drug-likeness (QED) is 0.371. The molecule has 44 heavy (non-hydrogen) atoms. The second-order valence-electron chi connectivity index (χ2n) is 11.6. The zero-order valence-electron chi connectivity index (χ0n) is 24.5. The number of likely N-dealkylation sites (N-methyl/N-ethyl adjacent to an activating group) is 1. The van der Waals surface area contributed by atoms with E-state index in [1.54, 1.807) is 6.20 Å². The van der Waals surface area contributed by atoms with E-state index >= 15 is 0 Å². The van der Waals surface area contributed by atoms with Gasteiger partial charge in [0.05, 0.1) is 35.3 Å². The number of rotatable bonds is 8. The number of nitrogens with zero attached hydrogens (tertiary/aromatic N) is 8. The SMILES string of the molecule is C=C(F)C(=O)N1CCN(c2nc(OC[C@@H]3CCCN3C)nc3c2CCCN3Cc2c(Cl)c(F)cc3[nH]ncc23)C[C@@H]1CC#N. The van der Waals surface area contributed by atoms with Crippen LogP contribution in [0.25, 0.3) is 10.9 Å². The number of aromatic nitrogens is 4. The lowest BCUT2D eigenvalue weighted by Crippen LogP contribution is -2.55. The van der Waals surface area contributed by atoms with Crippen LogP contribution in [0.2, 0.25) is 5.02 Å². The van der Waals surface area contributed by atoms with Gasteiger partial charge in [-0.25, -0.2) is 8.78 Å². The summed E-state index contributed by atoms with van der Waals surface area (Å²) in [5.41, 5.74) is 2.05. The van der Waals surface area contributed by atoms with Crippen molar-refractivity contribution in [1.29, 1.82) is 5.26 Å². The molecule has 2 atom stereocenters. The standard InChI is InChI=1S/C30H34ClF2N9O2/c1-18(32)29(43)42-12-11-41(15-19(42)7-8-34)28-21-6-4-10-40(16-23-22-14-35-38-25(22)13-24(33)26(23)31)27(21)36-30(37-28)44-17-20-5-3-9-39(20)2/h13-14,19-20H,1,3-7,9-12,15-17H2,2H3,(H,35,38)/t19-,20-/m0/s1. The molecule has 2 saturated heterocycles. The first kappa shape index (κ1) is 30.0. The van der Waals surface area contributed by atoms with Crippen LogP contribution >= 0.6 is 11.6 Å². The number of benzene rings is 1. The van der Waals surface area contributed by atoms with Gasteiger partial charge in [0.1, 0.15) is 24.1 Å². The van der Waals surface area contributed by atoms with Gasteiger partial charge >= 0.3 is 6.01 Å². The maximum atomic E-state index is 14.8. The van der Waals surface area contributed by atoms with Crippen molar-refractivity contribution in [2.75, 3.05) is 56.2 Å². The van der Waals surface area contributed by atoms with Crippen molar-refractivity contribution < 1.29 is 18.3 Å². The molecule has 2 fully saturated rings. The third kappa shape index (κ3) is 5.76. The predicted octanol–water partition coefficient (Wildman–Crippen LogP) is 3.99. The number of aromatic amines is 1. The Labute approximate surface area is 259 Å². The summed E-state index contributed by atoms with van der Waals surface area (Å²) in [4.78, 5) is 30.0. The molecular weight excluding hydrogens is 592 g/mol. The molecule has 3 aliphatic heterocycles. The highest BCUT2D eigenvalue weighted by Gasteiger charge is 2.35. The Morgan fingerprint density at radius 3 is 2.80 bits per heavy atom. The van der Waals surface area contributed by atoms with Gasteiger partial charge < -0.3 is 24.3 Å². The van der Waals surface area contributed by atoms with Gasteiger partial charge in [0.2, 0.25) is 0 Å². The summed E-state index contributed by atoms with van der Waals surface area (Å²) in [6, 6.07) is 3.39. The Morgan fingerprint density at radius 2 is 2.05 bits per heavy atom. The molecule has 0 bridgehead atoms. The summed E-state index contributed by atoms with van der Waals surface area (Å²) < 4.78 is 34.8. The van der Waals surface area contributed by atoms with Crippen LogP contribution < -0.4 is 14.5 Å². The summed E-state index contributed by atoms with van der Waals surface area (Å²) in [6.45, 7) is 6.40. The van der Waals surface area contributed by atoms with Crippen molar-refractivity contribution in [2.24, 2.45) is 0 Å². The van der Waals surface area contributed by atoms with Gasteiger partial charge in [-0.15, -0.1) is 0 Å². The number of hydrogen-bond acceptors (Lipinski definition) is 9. The van der Waals surface area contributed by atoms with Crippen LogP contribution in [0.5, 0.6) is 6.01 Å². The summed E-state index contributed by atoms with van der Waals surface area (Å²) in [5.74, 6) is -1.06. The van der Waals surface area contributed by atoms with E-state index in [9.17, 15) is 18.8 Å². The lowest BCUT2D eigenvalue weighted by Gasteiger charge is -2.42. The highest BCUT2D eigenvalue weighted by Crippen LogP contribution is 2.38. The summed E-state index contributed by atoms with van der Waals surface area (Å²) in [6.07, 6.45) is 5.27. The largest absolute Gasteiger partial charge is 0.462 e. The number of nitriles is 1. The first-order chi connectivity index (χ1) is 21.2. The van der Waals surface area contributed by atoms with Crippen molar-refractivity contribution in [3.8, 4) is 12.1 Å². The third-order valence-electron chi connectivity index (χ3n) is 8.86. The van der Waals surface area contributed by atoms with Crippen molar-refractivity contribution in [3.63, 3.8) is 0 Å². The maximum Gasteiger partial charge on any atom is 0.320 e. The molecule has 5 heterocycles.